The van der Waals surface area contributed by atoms with Crippen LogP contribution in [0.5, 0.6) is 0 Å². The molecule has 0 amide bonds. The maximum absolute atomic E-state index is 11.6. The normalized spacial score (nSPS) is 10.4. The molecule has 0 fully saturated rings. The van der Waals surface area contributed by atoms with Crippen LogP contribution in [0.4, 0.5) is 0 Å². The van der Waals surface area contributed by atoms with Crippen molar-refractivity contribution >= 4 is 40.8 Å². The van der Waals surface area contributed by atoms with Gasteiger partial charge in [0.25, 0.3) is 0 Å². The van der Waals surface area contributed by atoms with Crippen molar-refractivity contribution in [1.29, 1.82) is 0 Å². The molecule has 1 aromatic heterocycles. The summed E-state index contributed by atoms with van der Waals surface area (Å²) in [4.78, 5) is 13.4. The van der Waals surface area contributed by atoms with Crippen LogP contribution in [-0.4, -0.2) is 25.6 Å². The van der Waals surface area contributed by atoms with E-state index in [0.29, 0.717) is 0 Å². The second kappa shape index (κ2) is 5.82. The Morgan fingerprint density at radius 2 is 2.07 bits per heavy atom. The lowest BCUT2D eigenvalue weighted by atomic mass is 10.2. The van der Waals surface area contributed by atoms with Crippen molar-refractivity contribution in [3.63, 3.8) is 0 Å². The third-order valence-electron chi connectivity index (χ3n) is 2.04. The fourth-order valence-corrected chi connectivity index (χ4v) is 4.62. The van der Waals surface area contributed by atoms with Gasteiger partial charge < -0.3 is 4.74 Å². The Morgan fingerprint density at radius 3 is 2.47 bits per heavy atom. The summed E-state index contributed by atoms with van der Waals surface area (Å²) in [6, 6.07) is 0. The zero-order chi connectivity index (χ0) is 11.4. The van der Waals surface area contributed by atoms with Crippen molar-refractivity contribution in [2.24, 2.45) is 0 Å². The zero-order valence-electron chi connectivity index (χ0n) is 9.25. The third-order valence-corrected chi connectivity index (χ3v) is 5.40. The number of thiophene rings is 1. The number of carbonyl (C=O) groups excluding carboxylic acids is 1. The average Bonchev–Trinajstić information content (AvgIpc) is 2.65. The van der Waals surface area contributed by atoms with E-state index in [1.807, 2.05) is 12.5 Å². The van der Waals surface area contributed by atoms with E-state index in [0.717, 1.165) is 16.2 Å². The van der Waals surface area contributed by atoms with Gasteiger partial charge in [-0.3, -0.25) is 0 Å². The molecule has 0 atom stereocenters. The van der Waals surface area contributed by atoms with Crippen LogP contribution in [0.3, 0.4) is 0 Å². The quantitative estimate of drug-likeness (QED) is 0.612. The van der Waals surface area contributed by atoms with Gasteiger partial charge in [-0.2, -0.15) is 0 Å². The van der Waals surface area contributed by atoms with Crippen LogP contribution < -0.4 is 0 Å². The standard InChI is InChI=1S/C10H14O2S3/c1-5-6-7(13-3)8(9(11)12-2)15-10(6)14-4/h5H2,1-4H3. The molecular formula is C10H14O2S3. The van der Waals surface area contributed by atoms with Crippen LogP contribution >= 0.6 is 34.9 Å². The van der Waals surface area contributed by atoms with Crippen molar-refractivity contribution in [1.82, 2.24) is 0 Å². The molecule has 0 saturated carbocycles. The lowest BCUT2D eigenvalue weighted by Crippen LogP contribution is -1.99. The van der Waals surface area contributed by atoms with Gasteiger partial charge in [0.05, 0.1) is 11.3 Å². The first-order chi connectivity index (χ1) is 7.19. The van der Waals surface area contributed by atoms with Crippen LogP contribution in [0.2, 0.25) is 0 Å². The molecule has 0 unspecified atom stereocenters. The van der Waals surface area contributed by atoms with E-state index in [1.54, 1.807) is 23.5 Å². The fourth-order valence-electron chi connectivity index (χ4n) is 1.34. The summed E-state index contributed by atoms with van der Waals surface area (Å²) in [7, 11) is 1.43. The summed E-state index contributed by atoms with van der Waals surface area (Å²) in [6.45, 7) is 2.11. The van der Waals surface area contributed by atoms with Gasteiger partial charge in [0.1, 0.15) is 4.88 Å². The number of methoxy groups -OCH3 is 1. The summed E-state index contributed by atoms with van der Waals surface area (Å²) in [6.07, 6.45) is 4.99. The Labute approximate surface area is 103 Å². The summed E-state index contributed by atoms with van der Waals surface area (Å²) in [5, 5.41) is 0. The first kappa shape index (κ1) is 12.9. The molecule has 0 aromatic carbocycles. The van der Waals surface area contributed by atoms with Crippen molar-refractivity contribution in [2.75, 3.05) is 19.6 Å². The van der Waals surface area contributed by atoms with Crippen LogP contribution in [0.25, 0.3) is 0 Å². The van der Waals surface area contributed by atoms with Crippen LogP contribution in [-0.2, 0) is 11.2 Å². The largest absolute Gasteiger partial charge is 0.465 e. The predicted octanol–water partition coefficient (Wildman–Crippen LogP) is 3.54. The summed E-state index contributed by atoms with van der Waals surface area (Å²) in [5.74, 6) is -0.223. The predicted molar refractivity (Wildman–Crippen MR) is 68.6 cm³/mol. The van der Waals surface area contributed by atoms with Gasteiger partial charge in [-0.25, -0.2) is 4.79 Å². The Hall–Kier alpha value is -0.130. The molecule has 15 heavy (non-hydrogen) atoms. The van der Waals surface area contributed by atoms with Gasteiger partial charge in [0, 0.05) is 4.90 Å². The molecule has 1 rings (SSSR count). The minimum atomic E-state index is -0.223. The van der Waals surface area contributed by atoms with Crippen molar-refractivity contribution in [3.8, 4) is 0 Å². The van der Waals surface area contributed by atoms with Crippen molar-refractivity contribution < 1.29 is 9.53 Å². The molecule has 1 aromatic rings. The lowest BCUT2D eigenvalue weighted by molar-refractivity contribution is 0.0602. The van der Waals surface area contributed by atoms with Crippen molar-refractivity contribution in [3.05, 3.63) is 10.4 Å². The number of ether oxygens (including phenoxy) is 1. The maximum Gasteiger partial charge on any atom is 0.349 e. The van der Waals surface area contributed by atoms with Gasteiger partial charge >= 0.3 is 5.97 Å². The summed E-state index contributed by atoms with van der Waals surface area (Å²) < 4.78 is 6.01. The van der Waals surface area contributed by atoms with Crippen LogP contribution in [0.15, 0.2) is 9.10 Å². The zero-order valence-corrected chi connectivity index (χ0v) is 11.7. The SMILES string of the molecule is CCc1c(SC)sc(C(=O)OC)c1SC. The van der Waals surface area contributed by atoms with Gasteiger partial charge in [-0.15, -0.1) is 34.9 Å². The maximum atomic E-state index is 11.6. The highest BCUT2D eigenvalue weighted by Crippen LogP contribution is 2.40. The summed E-state index contributed by atoms with van der Waals surface area (Å²) in [5.41, 5.74) is 1.28. The molecule has 0 spiro atoms. The third kappa shape index (κ3) is 2.52. The lowest BCUT2D eigenvalue weighted by Gasteiger charge is -2.01. The molecule has 0 saturated heterocycles. The minimum absolute atomic E-state index is 0.223. The highest BCUT2D eigenvalue weighted by Gasteiger charge is 2.21. The number of esters is 1. The molecule has 0 aliphatic heterocycles. The first-order valence-electron chi connectivity index (χ1n) is 4.51. The molecular weight excluding hydrogens is 248 g/mol. The molecule has 2 nitrogen and oxygen atoms in total. The Balaban J connectivity index is 3.27. The van der Waals surface area contributed by atoms with Crippen molar-refractivity contribution in [2.45, 2.75) is 22.4 Å². The Morgan fingerprint density at radius 1 is 1.40 bits per heavy atom. The topological polar surface area (TPSA) is 26.3 Å². The monoisotopic (exact) mass is 262 g/mol. The summed E-state index contributed by atoms with van der Waals surface area (Å²) >= 11 is 4.85. The fraction of sp³-hybridized carbons (Fsp3) is 0.500. The molecule has 0 radical (unpaired) electrons. The minimum Gasteiger partial charge on any atom is -0.465 e. The van der Waals surface area contributed by atoms with Gasteiger partial charge in [0.2, 0.25) is 0 Å². The van der Waals surface area contributed by atoms with E-state index in [9.17, 15) is 4.79 Å². The smallest absolute Gasteiger partial charge is 0.349 e. The Kier molecular flexibility index (Phi) is 5.02. The first-order valence-corrected chi connectivity index (χ1v) is 7.78. The highest BCUT2D eigenvalue weighted by molar-refractivity contribution is 8.01. The van der Waals surface area contributed by atoms with E-state index in [1.165, 1.54) is 28.2 Å². The highest BCUT2D eigenvalue weighted by atomic mass is 32.2. The second-order valence-corrected chi connectivity index (χ2v) is 5.69. The van der Waals surface area contributed by atoms with E-state index in [2.05, 4.69) is 6.92 Å². The number of hydrogen-bond donors (Lipinski definition) is 0. The second-order valence-electron chi connectivity index (χ2n) is 2.78. The van der Waals surface area contributed by atoms with Crippen LogP contribution in [0.1, 0.15) is 22.2 Å². The Bertz CT molecular complexity index is 358. The molecule has 0 bridgehead atoms. The molecule has 0 N–H and O–H groups in total. The van der Waals surface area contributed by atoms with Gasteiger partial charge in [0.15, 0.2) is 0 Å². The number of carbonyl (C=O) groups is 1. The molecule has 0 aliphatic rings. The molecule has 84 valence electrons. The number of thioether (sulfide) groups is 2. The van der Waals surface area contributed by atoms with Gasteiger partial charge in [-0.1, -0.05) is 6.92 Å². The van der Waals surface area contributed by atoms with E-state index in [4.69, 9.17) is 4.74 Å². The molecule has 5 heteroatoms. The van der Waals surface area contributed by atoms with E-state index < -0.39 is 0 Å². The number of hydrogen-bond acceptors (Lipinski definition) is 5. The van der Waals surface area contributed by atoms with E-state index >= 15 is 0 Å². The van der Waals surface area contributed by atoms with Gasteiger partial charge in [-0.05, 0) is 24.5 Å². The molecule has 0 aliphatic carbocycles. The number of rotatable bonds is 4. The average molecular weight is 262 g/mol. The van der Waals surface area contributed by atoms with Crippen LogP contribution in [0, 0.1) is 0 Å². The van der Waals surface area contributed by atoms with E-state index in [-0.39, 0.29) is 5.97 Å². The molecule has 1 heterocycles.